The number of ketones is 1. The number of hydrogen-bond donors (Lipinski definition) is 1. The van der Waals surface area contributed by atoms with Crippen LogP contribution in [0.3, 0.4) is 0 Å². The van der Waals surface area contributed by atoms with Gasteiger partial charge in [0.1, 0.15) is 0 Å². The van der Waals surface area contributed by atoms with Crippen molar-refractivity contribution in [3.8, 4) is 0 Å². The maximum absolute atomic E-state index is 14.1. The van der Waals surface area contributed by atoms with Gasteiger partial charge in [0.2, 0.25) is 5.91 Å². The lowest BCUT2D eigenvalue weighted by Crippen LogP contribution is -2.66. The van der Waals surface area contributed by atoms with Gasteiger partial charge in [-0.15, -0.1) is 0 Å². The van der Waals surface area contributed by atoms with Crippen molar-refractivity contribution in [3.63, 3.8) is 0 Å². The highest BCUT2D eigenvalue weighted by Crippen LogP contribution is 2.75. The van der Waals surface area contributed by atoms with E-state index in [0.29, 0.717) is 18.9 Å². The van der Waals surface area contributed by atoms with Crippen LogP contribution in [0, 0.1) is 56.2 Å². The molecular weight excluding hydrogens is 546 g/mol. The van der Waals surface area contributed by atoms with Crippen molar-refractivity contribution in [2.45, 2.75) is 113 Å². The number of benzene rings is 1. The minimum Gasteiger partial charge on any atom is -0.469 e. The van der Waals surface area contributed by atoms with Gasteiger partial charge in [-0.3, -0.25) is 14.4 Å². The summed E-state index contributed by atoms with van der Waals surface area (Å²) < 4.78 is 5.53. The number of amides is 1. The van der Waals surface area contributed by atoms with Gasteiger partial charge in [-0.25, -0.2) is 0 Å². The molecule has 1 aromatic carbocycles. The van der Waals surface area contributed by atoms with E-state index in [9.17, 15) is 14.4 Å². The lowest BCUT2D eigenvalue weighted by Gasteiger charge is -2.71. The Hall–Kier alpha value is -2.43. The predicted molar refractivity (Wildman–Crippen MR) is 173 cm³/mol. The number of fused-ring (bicyclic) bond motifs is 7. The highest BCUT2D eigenvalue weighted by atomic mass is 16.5. The van der Waals surface area contributed by atoms with Crippen molar-refractivity contribution in [2.75, 3.05) is 7.11 Å². The van der Waals surface area contributed by atoms with E-state index in [1.807, 2.05) is 30.3 Å². The molecule has 6 rings (SSSR count). The van der Waals surface area contributed by atoms with E-state index >= 15 is 0 Å². The Balaban J connectivity index is 1.36. The first kappa shape index (κ1) is 31.5. The monoisotopic (exact) mass is 601 g/mol. The summed E-state index contributed by atoms with van der Waals surface area (Å²) in [7, 11) is 1.56. The first-order valence-corrected chi connectivity index (χ1v) is 17.2. The van der Waals surface area contributed by atoms with E-state index in [0.717, 1.165) is 56.9 Å². The number of methoxy groups -OCH3 is 1. The number of ether oxygens (including phenoxy) is 1. The third-order valence-corrected chi connectivity index (χ3v) is 14.6. The summed E-state index contributed by atoms with van der Waals surface area (Å²) >= 11 is 0. The molecule has 5 aliphatic carbocycles. The molecule has 0 aliphatic heterocycles. The van der Waals surface area contributed by atoms with E-state index in [2.05, 4.69) is 59.9 Å². The zero-order valence-electron chi connectivity index (χ0n) is 28.5. The molecule has 1 aromatic rings. The van der Waals surface area contributed by atoms with E-state index in [1.165, 1.54) is 5.57 Å². The average Bonchev–Trinajstić information content (AvgIpc) is 2.98. The molecule has 1 N–H and O–H groups in total. The van der Waals surface area contributed by atoms with Gasteiger partial charge < -0.3 is 10.1 Å². The first-order valence-electron chi connectivity index (χ1n) is 17.2. The van der Waals surface area contributed by atoms with Crippen molar-refractivity contribution in [1.29, 1.82) is 0 Å². The van der Waals surface area contributed by atoms with Crippen LogP contribution in [-0.2, 0) is 25.7 Å². The summed E-state index contributed by atoms with van der Waals surface area (Å²) in [5.74, 6) is 0.153. The average molecular weight is 602 g/mol. The molecule has 4 fully saturated rings. The lowest BCUT2D eigenvalue weighted by molar-refractivity contribution is -0.196. The zero-order chi connectivity index (χ0) is 31.9. The van der Waals surface area contributed by atoms with Crippen LogP contribution in [-0.4, -0.2) is 24.8 Å². The van der Waals surface area contributed by atoms with Crippen molar-refractivity contribution in [1.82, 2.24) is 5.32 Å². The molecule has 240 valence electrons. The molecule has 0 aromatic heterocycles. The predicted octanol–water partition coefficient (Wildman–Crippen LogP) is 8.07. The summed E-state index contributed by atoms with van der Waals surface area (Å²) in [4.78, 5) is 41.4. The Bertz CT molecular complexity index is 1380. The van der Waals surface area contributed by atoms with Crippen LogP contribution < -0.4 is 5.32 Å². The molecule has 5 aliphatic rings. The van der Waals surface area contributed by atoms with E-state index in [-0.39, 0.29) is 51.2 Å². The highest BCUT2D eigenvalue weighted by Gasteiger charge is 2.70. The Morgan fingerprint density at radius 3 is 2.25 bits per heavy atom. The summed E-state index contributed by atoms with van der Waals surface area (Å²) in [6.07, 6.45) is 11.0. The molecular formula is C39H55NO4. The maximum Gasteiger partial charge on any atom is 0.312 e. The number of allylic oxidation sites excluding steroid dienone is 2. The molecule has 5 nitrogen and oxygen atoms in total. The van der Waals surface area contributed by atoms with Gasteiger partial charge in [-0.2, -0.15) is 0 Å². The standard InChI is InChI=1S/C39H55NO4/c1-34(2)18-20-39(33(43)44-8)21-19-37(6)27(28(39)23-34)14-15-30-36(5)22-26(32(42)40-24-25-12-10-9-11-13-25)31(41)35(3,4)29(36)16-17-38(30,37)7/h9-14,26,28-30H,15-24H2,1-8H3,(H,40,42)/t26?,28?,29?,30?,36-,37+,38+,39-/m0/s1. The van der Waals surface area contributed by atoms with Gasteiger partial charge in [0.15, 0.2) is 5.78 Å². The Morgan fingerprint density at radius 2 is 1.57 bits per heavy atom. The quantitative estimate of drug-likeness (QED) is 0.215. The van der Waals surface area contributed by atoms with Crippen molar-refractivity contribution in [2.24, 2.45) is 56.2 Å². The van der Waals surface area contributed by atoms with Gasteiger partial charge in [0.25, 0.3) is 0 Å². The molecule has 1 amide bonds. The van der Waals surface area contributed by atoms with Crippen LogP contribution >= 0.6 is 0 Å². The van der Waals surface area contributed by atoms with Crippen LogP contribution in [0.4, 0.5) is 0 Å². The molecule has 0 spiro atoms. The second-order valence-electron chi connectivity index (χ2n) is 17.4. The Kier molecular flexibility index (Phi) is 7.38. The third-order valence-electron chi connectivity index (χ3n) is 14.6. The minimum atomic E-state index is -0.632. The SMILES string of the molecule is COC(=O)[C@]12CCC(C)(C)CC1C1=CCC3[C@@]4(C)CC(C(=O)NCc5ccccc5)C(=O)C(C)(C)C4CC[C@@]3(C)[C@]1(C)CC2. The summed E-state index contributed by atoms with van der Waals surface area (Å²) in [6.45, 7) is 16.8. The third kappa shape index (κ3) is 4.33. The fourth-order valence-corrected chi connectivity index (χ4v) is 11.9. The molecule has 0 radical (unpaired) electrons. The number of rotatable bonds is 4. The van der Waals surface area contributed by atoms with Gasteiger partial charge in [0, 0.05) is 12.0 Å². The van der Waals surface area contributed by atoms with Crippen molar-refractivity contribution >= 4 is 17.7 Å². The van der Waals surface area contributed by atoms with E-state index in [4.69, 9.17) is 4.74 Å². The Labute approximate surface area is 265 Å². The minimum absolute atomic E-state index is 0.0132. The van der Waals surface area contributed by atoms with Crippen LogP contribution in [0.25, 0.3) is 0 Å². The Morgan fingerprint density at radius 1 is 0.886 bits per heavy atom. The highest BCUT2D eigenvalue weighted by molar-refractivity contribution is 6.04. The van der Waals surface area contributed by atoms with E-state index in [1.54, 1.807) is 7.11 Å². The molecule has 0 saturated heterocycles. The normalized spacial score (nSPS) is 42.0. The zero-order valence-corrected chi connectivity index (χ0v) is 28.5. The second-order valence-corrected chi connectivity index (χ2v) is 17.4. The molecule has 4 saturated carbocycles. The number of carbonyl (C=O) groups excluding carboxylic acids is 3. The summed E-state index contributed by atoms with van der Waals surface area (Å²) in [5, 5.41) is 3.13. The molecule has 0 bridgehead atoms. The number of hydrogen-bond acceptors (Lipinski definition) is 4. The van der Waals surface area contributed by atoms with E-state index < -0.39 is 16.7 Å². The molecule has 5 heteroatoms. The van der Waals surface area contributed by atoms with Crippen LogP contribution in [0.15, 0.2) is 42.0 Å². The van der Waals surface area contributed by atoms with Gasteiger partial charge in [0.05, 0.1) is 18.4 Å². The number of esters is 1. The maximum atomic E-state index is 14.1. The van der Waals surface area contributed by atoms with Crippen LogP contribution in [0.5, 0.6) is 0 Å². The van der Waals surface area contributed by atoms with Crippen LogP contribution in [0.1, 0.15) is 112 Å². The van der Waals surface area contributed by atoms with Crippen molar-refractivity contribution < 1.29 is 19.1 Å². The summed E-state index contributed by atoms with van der Waals surface area (Å²) in [5.41, 5.74) is 1.61. The fourth-order valence-electron chi connectivity index (χ4n) is 11.9. The molecule has 44 heavy (non-hydrogen) atoms. The number of nitrogens with one attached hydrogen (secondary N) is 1. The number of carbonyl (C=O) groups is 3. The van der Waals surface area contributed by atoms with Gasteiger partial charge in [-0.05, 0) is 103 Å². The van der Waals surface area contributed by atoms with Gasteiger partial charge in [-0.1, -0.05) is 90.4 Å². The first-order chi connectivity index (χ1) is 20.6. The van der Waals surface area contributed by atoms with Gasteiger partial charge >= 0.3 is 5.97 Å². The smallest absolute Gasteiger partial charge is 0.312 e. The van der Waals surface area contributed by atoms with Crippen LogP contribution in [0.2, 0.25) is 0 Å². The molecule has 0 heterocycles. The fraction of sp³-hybridized carbons (Fsp3) is 0.718. The largest absolute Gasteiger partial charge is 0.469 e. The lowest BCUT2D eigenvalue weighted by atomic mass is 9.33. The number of Topliss-reactive ketones (excluding diaryl/α,β-unsaturated/α-hetero) is 1. The van der Waals surface area contributed by atoms with Crippen molar-refractivity contribution in [3.05, 3.63) is 47.5 Å². The topological polar surface area (TPSA) is 72.5 Å². The molecule has 4 unspecified atom stereocenters. The second kappa shape index (κ2) is 10.3. The molecule has 8 atom stereocenters. The summed E-state index contributed by atoms with van der Waals surface area (Å²) in [6, 6.07) is 9.95.